The summed E-state index contributed by atoms with van der Waals surface area (Å²) in [5.74, 6) is 0. The summed E-state index contributed by atoms with van der Waals surface area (Å²) in [5, 5.41) is 0. The van der Waals surface area contributed by atoms with Crippen LogP contribution in [0.3, 0.4) is 0 Å². The number of hydrogen-bond donors (Lipinski definition) is 0. The van der Waals surface area contributed by atoms with E-state index in [4.69, 9.17) is 0 Å². The number of aromatic nitrogens is 1. The van der Waals surface area contributed by atoms with Gasteiger partial charge in [0.25, 0.3) is 0 Å². The van der Waals surface area contributed by atoms with Gasteiger partial charge in [-0.3, -0.25) is 4.98 Å². The minimum Gasteiger partial charge on any atom is -0.252 e. The van der Waals surface area contributed by atoms with Gasteiger partial charge in [0, 0.05) is 11.8 Å². The molecule has 0 fully saturated rings. The van der Waals surface area contributed by atoms with Crippen molar-refractivity contribution in [3.63, 3.8) is 0 Å². The van der Waals surface area contributed by atoms with Crippen LogP contribution in [0.4, 0.5) is 26.3 Å². The van der Waals surface area contributed by atoms with Crippen LogP contribution in [0.15, 0.2) is 29.9 Å². The number of nitrogens with zero attached hydrogens (tertiary/aromatic N) is 1. The van der Waals surface area contributed by atoms with Gasteiger partial charge in [0.2, 0.25) is 0 Å². The van der Waals surface area contributed by atoms with E-state index in [1.165, 1.54) is 5.51 Å². The highest BCUT2D eigenvalue weighted by atomic mass is 32.1. The molecule has 0 aliphatic heterocycles. The predicted molar refractivity (Wildman–Crippen MR) is 57.6 cm³/mol. The topological polar surface area (TPSA) is 12.9 Å². The molecule has 0 bridgehead atoms. The van der Waals surface area contributed by atoms with E-state index < -0.39 is 29.0 Å². The SMILES string of the molecule is FC(F)(F)c1ccc(C(F)(F)F)c(-c2cncs2)c1. The Bertz CT molecular complexity index is 570. The van der Waals surface area contributed by atoms with Crippen molar-refractivity contribution >= 4 is 11.3 Å². The Morgan fingerprint density at radius 1 is 0.947 bits per heavy atom. The lowest BCUT2D eigenvalue weighted by molar-refractivity contribution is -0.141. The molecule has 1 aromatic heterocycles. The van der Waals surface area contributed by atoms with Crippen LogP contribution >= 0.6 is 11.3 Å². The Hall–Kier alpha value is -1.57. The van der Waals surface area contributed by atoms with Crippen molar-refractivity contribution in [1.29, 1.82) is 0 Å². The van der Waals surface area contributed by atoms with Gasteiger partial charge in [-0.1, -0.05) is 0 Å². The maximum Gasteiger partial charge on any atom is 0.417 e. The van der Waals surface area contributed by atoms with Crippen molar-refractivity contribution in [2.24, 2.45) is 0 Å². The van der Waals surface area contributed by atoms with Crippen LogP contribution < -0.4 is 0 Å². The molecule has 1 aromatic carbocycles. The van der Waals surface area contributed by atoms with Crippen molar-refractivity contribution in [3.05, 3.63) is 41.0 Å². The van der Waals surface area contributed by atoms with E-state index in [-0.39, 0.29) is 4.88 Å². The monoisotopic (exact) mass is 297 g/mol. The molecule has 0 atom stereocenters. The Balaban J connectivity index is 2.65. The molecule has 2 aromatic rings. The lowest BCUT2D eigenvalue weighted by Crippen LogP contribution is -2.10. The van der Waals surface area contributed by atoms with Gasteiger partial charge < -0.3 is 0 Å². The molecule has 0 aliphatic carbocycles. The van der Waals surface area contributed by atoms with E-state index in [2.05, 4.69) is 4.98 Å². The molecule has 1 heterocycles. The zero-order valence-electron chi connectivity index (χ0n) is 9.01. The van der Waals surface area contributed by atoms with Crippen LogP contribution in [0.5, 0.6) is 0 Å². The molecule has 0 amide bonds. The number of halogens is 6. The molecule has 19 heavy (non-hydrogen) atoms. The van der Waals surface area contributed by atoms with Crippen LogP contribution in [0.2, 0.25) is 0 Å². The zero-order chi connectivity index (χ0) is 14.3. The molecule has 0 saturated carbocycles. The van der Waals surface area contributed by atoms with Crippen LogP contribution in [0, 0.1) is 0 Å². The second kappa shape index (κ2) is 4.52. The van der Waals surface area contributed by atoms with Crippen molar-refractivity contribution in [3.8, 4) is 10.4 Å². The summed E-state index contributed by atoms with van der Waals surface area (Å²) in [7, 11) is 0. The first kappa shape index (κ1) is 13.9. The number of benzene rings is 1. The average molecular weight is 297 g/mol. The minimum absolute atomic E-state index is 0.0402. The number of hydrogen-bond acceptors (Lipinski definition) is 2. The van der Waals surface area contributed by atoms with Gasteiger partial charge in [-0.05, 0) is 18.2 Å². The summed E-state index contributed by atoms with van der Waals surface area (Å²) in [6, 6.07) is 1.36. The van der Waals surface area contributed by atoms with Crippen LogP contribution in [0.1, 0.15) is 11.1 Å². The molecule has 0 N–H and O–H groups in total. The van der Waals surface area contributed by atoms with Gasteiger partial charge in [0.05, 0.1) is 21.5 Å². The third kappa shape index (κ3) is 2.89. The minimum atomic E-state index is -4.72. The van der Waals surface area contributed by atoms with Gasteiger partial charge in [-0.2, -0.15) is 26.3 Å². The van der Waals surface area contributed by atoms with Crippen molar-refractivity contribution in [2.45, 2.75) is 12.4 Å². The van der Waals surface area contributed by atoms with Crippen LogP contribution in [0.25, 0.3) is 10.4 Å². The molecular formula is C11H5F6NS. The largest absolute Gasteiger partial charge is 0.417 e. The summed E-state index contributed by atoms with van der Waals surface area (Å²) in [6.45, 7) is 0. The highest BCUT2D eigenvalue weighted by molar-refractivity contribution is 7.13. The Kier molecular flexibility index (Phi) is 3.29. The van der Waals surface area contributed by atoms with Crippen molar-refractivity contribution in [1.82, 2.24) is 4.98 Å². The highest BCUT2D eigenvalue weighted by Gasteiger charge is 2.37. The zero-order valence-corrected chi connectivity index (χ0v) is 9.83. The molecule has 8 heteroatoms. The lowest BCUT2D eigenvalue weighted by Gasteiger charge is -2.14. The first-order chi connectivity index (χ1) is 8.69. The molecular weight excluding hydrogens is 292 g/mol. The average Bonchev–Trinajstić information content (AvgIpc) is 2.79. The summed E-state index contributed by atoms with van der Waals surface area (Å²) in [4.78, 5) is 3.62. The quantitative estimate of drug-likeness (QED) is 0.686. The van der Waals surface area contributed by atoms with E-state index in [9.17, 15) is 26.3 Å². The van der Waals surface area contributed by atoms with Gasteiger partial charge in [-0.15, -0.1) is 11.3 Å². The lowest BCUT2D eigenvalue weighted by atomic mass is 10.0. The predicted octanol–water partition coefficient (Wildman–Crippen LogP) is 4.85. The third-order valence-electron chi connectivity index (χ3n) is 2.35. The first-order valence-corrected chi connectivity index (χ1v) is 5.75. The maximum absolute atomic E-state index is 12.8. The molecule has 0 spiro atoms. The second-order valence-electron chi connectivity index (χ2n) is 3.62. The van der Waals surface area contributed by atoms with E-state index >= 15 is 0 Å². The normalized spacial score (nSPS) is 12.7. The second-order valence-corrected chi connectivity index (χ2v) is 4.51. The number of alkyl halides is 6. The number of thiazole rings is 1. The molecule has 2 rings (SSSR count). The fraction of sp³-hybridized carbons (Fsp3) is 0.182. The summed E-state index contributed by atoms with van der Waals surface area (Å²) in [5.41, 5.74) is -1.48. The summed E-state index contributed by atoms with van der Waals surface area (Å²) in [6.07, 6.45) is -8.30. The highest BCUT2D eigenvalue weighted by Crippen LogP contribution is 2.41. The molecule has 0 radical (unpaired) electrons. The first-order valence-electron chi connectivity index (χ1n) is 4.87. The fourth-order valence-electron chi connectivity index (χ4n) is 1.52. The number of rotatable bonds is 1. The maximum atomic E-state index is 12.8. The third-order valence-corrected chi connectivity index (χ3v) is 3.16. The molecule has 0 unspecified atom stereocenters. The molecule has 0 saturated heterocycles. The standard InChI is InChI=1S/C11H5F6NS/c12-10(13,14)6-1-2-8(11(15,16)17)7(3-6)9-4-18-5-19-9/h1-5H. The van der Waals surface area contributed by atoms with E-state index in [1.54, 1.807) is 0 Å². The molecule has 1 nitrogen and oxygen atoms in total. The van der Waals surface area contributed by atoms with E-state index in [1.807, 2.05) is 0 Å². The van der Waals surface area contributed by atoms with E-state index in [0.29, 0.717) is 18.2 Å². The Morgan fingerprint density at radius 2 is 1.63 bits per heavy atom. The summed E-state index contributed by atoms with van der Waals surface area (Å²) >= 11 is 0.847. The Labute approximate surface area is 107 Å². The van der Waals surface area contributed by atoms with E-state index in [0.717, 1.165) is 17.5 Å². The molecule has 102 valence electrons. The van der Waals surface area contributed by atoms with Gasteiger partial charge in [-0.25, -0.2) is 0 Å². The van der Waals surface area contributed by atoms with Crippen LogP contribution in [-0.4, -0.2) is 4.98 Å². The van der Waals surface area contributed by atoms with Crippen molar-refractivity contribution < 1.29 is 26.3 Å². The molecule has 0 aliphatic rings. The smallest absolute Gasteiger partial charge is 0.252 e. The van der Waals surface area contributed by atoms with Crippen LogP contribution in [-0.2, 0) is 12.4 Å². The van der Waals surface area contributed by atoms with Crippen molar-refractivity contribution in [2.75, 3.05) is 0 Å². The van der Waals surface area contributed by atoms with Gasteiger partial charge in [0.15, 0.2) is 0 Å². The van der Waals surface area contributed by atoms with Gasteiger partial charge in [0.1, 0.15) is 0 Å². The van der Waals surface area contributed by atoms with Gasteiger partial charge >= 0.3 is 12.4 Å². The summed E-state index contributed by atoms with van der Waals surface area (Å²) < 4.78 is 75.9. The Morgan fingerprint density at radius 3 is 2.11 bits per heavy atom. The fourth-order valence-corrected chi connectivity index (χ4v) is 2.17.